The van der Waals surface area contributed by atoms with E-state index in [1.165, 1.54) is 0 Å². The van der Waals surface area contributed by atoms with Gasteiger partial charge < -0.3 is 15.2 Å². The number of piperazine rings is 1. The van der Waals surface area contributed by atoms with E-state index < -0.39 is 0 Å². The number of hydrogen-bond acceptors (Lipinski definition) is 4. The van der Waals surface area contributed by atoms with Crippen LogP contribution in [-0.2, 0) is 0 Å². The molecular weight excluding hydrogens is 228 g/mol. The quantitative estimate of drug-likeness (QED) is 0.824. The molecule has 1 aliphatic rings. The summed E-state index contributed by atoms with van der Waals surface area (Å²) in [7, 11) is 0. The molecule has 100 valence electrons. The van der Waals surface area contributed by atoms with E-state index in [9.17, 15) is 4.79 Å². The van der Waals surface area contributed by atoms with E-state index in [0.717, 1.165) is 24.7 Å². The number of H-pyrrole nitrogens is 1. The molecule has 5 nitrogen and oxygen atoms in total. The first-order chi connectivity index (χ1) is 8.45. The number of rotatable bonds is 2. The topological polar surface area (TPSA) is 61.0 Å². The second-order valence-electron chi connectivity index (χ2n) is 5.52. The first kappa shape index (κ1) is 13.1. The van der Waals surface area contributed by atoms with Crippen molar-refractivity contribution in [1.29, 1.82) is 0 Å². The zero-order valence-corrected chi connectivity index (χ0v) is 11.5. The summed E-state index contributed by atoms with van der Waals surface area (Å²) >= 11 is 0. The summed E-state index contributed by atoms with van der Waals surface area (Å²) in [6.07, 6.45) is 0. The lowest BCUT2D eigenvalue weighted by Crippen LogP contribution is -2.54. The highest BCUT2D eigenvalue weighted by molar-refractivity contribution is 5.39. The van der Waals surface area contributed by atoms with Crippen molar-refractivity contribution in [3.05, 3.63) is 22.2 Å². The Morgan fingerprint density at radius 2 is 1.94 bits per heavy atom. The van der Waals surface area contributed by atoms with Gasteiger partial charge in [-0.15, -0.1) is 0 Å². The van der Waals surface area contributed by atoms with Gasteiger partial charge in [-0.05, 0) is 13.8 Å². The molecule has 18 heavy (non-hydrogen) atoms. The summed E-state index contributed by atoms with van der Waals surface area (Å²) in [6.45, 7) is 10.1. The third kappa shape index (κ3) is 2.90. The largest absolute Gasteiger partial charge is 0.353 e. The van der Waals surface area contributed by atoms with Crippen molar-refractivity contribution in [2.24, 2.45) is 0 Å². The highest BCUT2D eigenvalue weighted by Crippen LogP contribution is 2.16. The minimum Gasteiger partial charge on any atom is -0.353 e. The standard InChI is InChI=1S/C13H22N4O/c1-8(2)13-15-11(5-12(18)16-13)17-6-9(3)14-10(4)7-17/h5,8-10,14H,6-7H2,1-4H3,(H,15,16,18). The summed E-state index contributed by atoms with van der Waals surface area (Å²) < 4.78 is 0. The molecule has 0 aromatic carbocycles. The van der Waals surface area contributed by atoms with Gasteiger partial charge in [0.2, 0.25) is 0 Å². The zero-order chi connectivity index (χ0) is 13.3. The van der Waals surface area contributed by atoms with Crippen LogP contribution in [0.5, 0.6) is 0 Å². The summed E-state index contributed by atoms with van der Waals surface area (Å²) in [4.78, 5) is 21.2. The van der Waals surface area contributed by atoms with Crippen molar-refractivity contribution in [2.45, 2.75) is 45.7 Å². The average molecular weight is 250 g/mol. The Balaban J connectivity index is 2.29. The van der Waals surface area contributed by atoms with Crippen LogP contribution in [0.2, 0.25) is 0 Å². The van der Waals surface area contributed by atoms with Crippen LogP contribution >= 0.6 is 0 Å². The molecule has 2 atom stereocenters. The number of aromatic nitrogens is 2. The molecular formula is C13H22N4O. The highest BCUT2D eigenvalue weighted by Gasteiger charge is 2.22. The van der Waals surface area contributed by atoms with Crippen molar-refractivity contribution in [2.75, 3.05) is 18.0 Å². The van der Waals surface area contributed by atoms with Gasteiger partial charge in [0.1, 0.15) is 11.6 Å². The molecule has 2 N–H and O–H groups in total. The van der Waals surface area contributed by atoms with E-state index in [-0.39, 0.29) is 11.5 Å². The average Bonchev–Trinajstić information content (AvgIpc) is 2.26. The molecule has 0 saturated carbocycles. The van der Waals surface area contributed by atoms with Crippen molar-refractivity contribution in [3.63, 3.8) is 0 Å². The Hall–Kier alpha value is -1.36. The van der Waals surface area contributed by atoms with Crippen LogP contribution in [0.1, 0.15) is 39.4 Å². The highest BCUT2D eigenvalue weighted by atomic mass is 16.1. The third-order valence-corrected chi connectivity index (χ3v) is 3.17. The Kier molecular flexibility index (Phi) is 3.71. The number of aromatic amines is 1. The van der Waals surface area contributed by atoms with E-state index >= 15 is 0 Å². The van der Waals surface area contributed by atoms with Crippen LogP contribution in [0.25, 0.3) is 0 Å². The second kappa shape index (κ2) is 5.10. The van der Waals surface area contributed by atoms with E-state index in [4.69, 9.17) is 0 Å². The lowest BCUT2D eigenvalue weighted by atomic mass is 10.1. The Morgan fingerprint density at radius 3 is 2.50 bits per heavy atom. The first-order valence-corrected chi connectivity index (χ1v) is 6.58. The summed E-state index contributed by atoms with van der Waals surface area (Å²) in [5.74, 6) is 1.79. The smallest absolute Gasteiger partial charge is 0.252 e. The molecule has 1 aromatic heterocycles. The summed E-state index contributed by atoms with van der Waals surface area (Å²) in [5.41, 5.74) is -0.0671. The Morgan fingerprint density at radius 1 is 1.33 bits per heavy atom. The number of nitrogens with zero attached hydrogens (tertiary/aromatic N) is 2. The molecule has 2 unspecified atom stereocenters. The van der Waals surface area contributed by atoms with Crippen molar-refractivity contribution < 1.29 is 0 Å². The van der Waals surface area contributed by atoms with Gasteiger partial charge in [0.15, 0.2) is 0 Å². The molecule has 1 aliphatic heterocycles. The van der Waals surface area contributed by atoms with Crippen LogP contribution < -0.4 is 15.8 Å². The van der Waals surface area contributed by atoms with Crippen LogP contribution in [0.3, 0.4) is 0 Å². The lowest BCUT2D eigenvalue weighted by Gasteiger charge is -2.36. The van der Waals surface area contributed by atoms with E-state index in [1.54, 1.807) is 6.07 Å². The molecule has 1 aromatic rings. The minimum absolute atomic E-state index is 0.0671. The fourth-order valence-corrected chi connectivity index (χ4v) is 2.41. The second-order valence-corrected chi connectivity index (χ2v) is 5.52. The van der Waals surface area contributed by atoms with Crippen molar-refractivity contribution in [1.82, 2.24) is 15.3 Å². The van der Waals surface area contributed by atoms with Crippen molar-refractivity contribution >= 4 is 5.82 Å². The van der Waals surface area contributed by atoms with Gasteiger partial charge in [-0.2, -0.15) is 0 Å². The number of hydrogen-bond donors (Lipinski definition) is 2. The Labute approximate surface area is 108 Å². The van der Waals surface area contributed by atoms with Gasteiger partial charge in [-0.1, -0.05) is 13.8 Å². The minimum atomic E-state index is -0.0671. The summed E-state index contributed by atoms with van der Waals surface area (Å²) in [5, 5.41) is 3.48. The monoisotopic (exact) mass is 250 g/mol. The van der Waals surface area contributed by atoms with Gasteiger partial charge in [0.05, 0.1) is 0 Å². The molecule has 0 radical (unpaired) electrons. The van der Waals surface area contributed by atoms with E-state index in [2.05, 4.69) is 34.0 Å². The van der Waals surface area contributed by atoms with Gasteiger partial charge in [0, 0.05) is 37.2 Å². The van der Waals surface area contributed by atoms with E-state index in [0.29, 0.717) is 12.1 Å². The van der Waals surface area contributed by atoms with Gasteiger partial charge in [0.25, 0.3) is 5.56 Å². The molecule has 0 spiro atoms. The Bertz CT molecular complexity index is 458. The first-order valence-electron chi connectivity index (χ1n) is 6.58. The molecule has 2 heterocycles. The van der Waals surface area contributed by atoms with Crippen LogP contribution in [0.4, 0.5) is 5.82 Å². The van der Waals surface area contributed by atoms with Crippen molar-refractivity contribution in [3.8, 4) is 0 Å². The predicted molar refractivity (Wildman–Crippen MR) is 73.2 cm³/mol. The molecule has 1 saturated heterocycles. The molecule has 0 bridgehead atoms. The SMILES string of the molecule is CC1CN(c2cc(=O)[nH]c(C(C)C)n2)CC(C)N1. The zero-order valence-electron chi connectivity index (χ0n) is 11.5. The number of nitrogens with one attached hydrogen (secondary N) is 2. The molecule has 2 rings (SSSR count). The predicted octanol–water partition coefficient (Wildman–Crippen LogP) is 1.08. The van der Waals surface area contributed by atoms with Gasteiger partial charge >= 0.3 is 0 Å². The van der Waals surface area contributed by atoms with Gasteiger partial charge in [-0.3, -0.25) is 4.79 Å². The fourth-order valence-electron chi connectivity index (χ4n) is 2.41. The molecule has 5 heteroatoms. The van der Waals surface area contributed by atoms with E-state index in [1.807, 2.05) is 13.8 Å². The maximum absolute atomic E-state index is 11.7. The normalized spacial score (nSPS) is 24.6. The molecule has 0 amide bonds. The maximum atomic E-state index is 11.7. The third-order valence-electron chi connectivity index (χ3n) is 3.17. The number of anilines is 1. The van der Waals surface area contributed by atoms with Crippen LogP contribution in [0.15, 0.2) is 10.9 Å². The van der Waals surface area contributed by atoms with Crippen LogP contribution in [-0.4, -0.2) is 35.1 Å². The lowest BCUT2D eigenvalue weighted by molar-refractivity contribution is 0.404. The molecule has 0 aliphatic carbocycles. The van der Waals surface area contributed by atoms with Crippen LogP contribution in [0, 0.1) is 0 Å². The van der Waals surface area contributed by atoms with Gasteiger partial charge in [-0.25, -0.2) is 4.98 Å². The summed E-state index contributed by atoms with van der Waals surface area (Å²) in [6, 6.07) is 2.42. The fraction of sp³-hybridized carbons (Fsp3) is 0.692. The maximum Gasteiger partial charge on any atom is 0.252 e. The molecule has 1 fully saturated rings.